The highest BCUT2D eigenvalue weighted by molar-refractivity contribution is 5.99. The van der Waals surface area contributed by atoms with E-state index in [4.69, 9.17) is 16.6 Å². The smallest absolute Gasteiger partial charge is 0.254 e. The summed E-state index contributed by atoms with van der Waals surface area (Å²) in [7, 11) is 1.69. The number of aromatic amines is 2. The van der Waals surface area contributed by atoms with Crippen molar-refractivity contribution in [2.45, 2.75) is 25.4 Å². The Kier molecular flexibility index (Phi) is 11.8. The van der Waals surface area contributed by atoms with E-state index in [1.165, 1.54) is 16.0 Å². The fourth-order valence-corrected chi connectivity index (χ4v) is 7.55. The molecule has 0 spiro atoms. The number of anilines is 2. The van der Waals surface area contributed by atoms with E-state index in [1.807, 2.05) is 60.9 Å². The summed E-state index contributed by atoms with van der Waals surface area (Å²) in [4.78, 5) is 51.2. The van der Waals surface area contributed by atoms with E-state index in [9.17, 15) is 14.7 Å². The number of likely N-dealkylation sites (N-methyl/N-ethyl adjacent to an activating group) is 1. The Morgan fingerprint density at radius 3 is 1.79 bits per heavy atom. The number of rotatable bonds is 10. The zero-order valence-electron chi connectivity index (χ0n) is 33.6. The van der Waals surface area contributed by atoms with Gasteiger partial charge in [-0.05, 0) is 83.0 Å². The highest BCUT2D eigenvalue weighted by Crippen LogP contribution is 2.27. The van der Waals surface area contributed by atoms with Crippen LogP contribution in [-0.2, 0) is 12.8 Å². The Morgan fingerprint density at radius 2 is 1.25 bits per heavy atom. The molecule has 5 heterocycles. The van der Waals surface area contributed by atoms with Gasteiger partial charge in [0.1, 0.15) is 0 Å². The number of nitrogens with one attached hydrogen (secondary N) is 2. The lowest BCUT2D eigenvalue weighted by Crippen LogP contribution is -2.29. The number of carbonyl (C=O) groups excluding carboxylic acids is 2. The van der Waals surface area contributed by atoms with Gasteiger partial charge in [-0.15, -0.1) is 0 Å². The summed E-state index contributed by atoms with van der Waals surface area (Å²) < 4.78 is 0. The predicted molar refractivity (Wildman–Crippen MR) is 237 cm³/mol. The number of amides is 2. The summed E-state index contributed by atoms with van der Waals surface area (Å²) in [6.07, 6.45) is 12.6. The molecule has 1 fully saturated rings. The first kappa shape index (κ1) is 40.4. The number of aliphatic hydroxyl groups is 2. The molecule has 61 heavy (non-hydrogen) atoms. The number of fused-ring (bicyclic) bond motifs is 2. The highest BCUT2D eigenvalue weighted by atomic mass is 16.3. The second-order valence-electron chi connectivity index (χ2n) is 15.2. The average molecular weight is 815 g/mol. The van der Waals surface area contributed by atoms with Gasteiger partial charge in [0.15, 0.2) is 0 Å². The van der Waals surface area contributed by atoms with Gasteiger partial charge in [-0.3, -0.25) is 9.59 Å². The van der Waals surface area contributed by atoms with E-state index in [0.717, 1.165) is 68.0 Å². The fraction of sp³-hybridized carbons (Fsp3) is 0.191. The van der Waals surface area contributed by atoms with Crippen LogP contribution < -0.4 is 11.5 Å². The minimum Gasteiger partial charge on any atom is -0.395 e. The van der Waals surface area contributed by atoms with Crippen molar-refractivity contribution in [2.75, 3.05) is 44.8 Å². The largest absolute Gasteiger partial charge is 0.395 e. The second kappa shape index (κ2) is 17.8. The van der Waals surface area contributed by atoms with Gasteiger partial charge in [-0.1, -0.05) is 54.6 Å². The third-order valence-corrected chi connectivity index (χ3v) is 11.0. The van der Waals surface area contributed by atoms with Gasteiger partial charge < -0.3 is 41.4 Å². The topological polar surface area (TPSA) is 216 Å². The molecule has 0 aliphatic carbocycles. The lowest BCUT2D eigenvalue weighted by molar-refractivity contribution is 0.0760. The van der Waals surface area contributed by atoms with Gasteiger partial charge >= 0.3 is 0 Å². The third kappa shape index (κ3) is 9.25. The summed E-state index contributed by atoms with van der Waals surface area (Å²) in [6, 6.07) is 28.0. The maximum Gasteiger partial charge on any atom is 0.254 e. The SMILES string of the molecule is CN(CCO)C(=O)c1ccc2[nH]cc(Cc3ccc(-c4cnc(N)nc4)cc3)c2c1.Nc1ncc(-c2ccc(Cc3c[nH]c4cc(C(=O)N5CCC(O)C5)ccc34)cc2)cn1. The molecule has 1 unspecified atom stereocenters. The molecule has 1 atom stereocenters. The van der Waals surface area contributed by atoms with Crippen LogP contribution >= 0.6 is 0 Å². The Bertz CT molecular complexity index is 2780. The van der Waals surface area contributed by atoms with E-state index < -0.39 is 6.10 Å². The number of β-amino-alcohol motifs (C(OH)–C–C–N with tert-alkyl or cyclic N) is 1. The number of hydrogen-bond donors (Lipinski definition) is 6. The fourth-order valence-electron chi connectivity index (χ4n) is 7.55. The monoisotopic (exact) mass is 814 g/mol. The molecule has 2 amide bonds. The number of nitrogens with zero attached hydrogens (tertiary/aromatic N) is 6. The van der Waals surface area contributed by atoms with Crippen LogP contribution in [0.5, 0.6) is 0 Å². The van der Waals surface area contributed by atoms with Crippen LogP contribution in [0.3, 0.4) is 0 Å². The van der Waals surface area contributed by atoms with E-state index in [0.29, 0.717) is 37.2 Å². The zero-order valence-corrected chi connectivity index (χ0v) is 33.6. The van der Waals surface area contributed by atoms with Gasteiger partial charge in [0.05, 0.1) is 12.7 Å². The molecule has 1 saturated heterocycles. The quantitative estimate of drug-likeness (QED) is 0.0966. The summed E-state index contributed by atoms with van der Waals surface area (Å²) in [5.74, 6) is 0.391. The summed E-state index contributed by atoms with van der Waals surface area (Å²) in [5.41, 5.74) is 22.8. The van der Waals surface area contributed by atoms with E-state index in [-0.39, 0.29) is 30.3 Å². The Balaban J connectivity index is 0.000000169. The van der Waals surface area contributed by atoms with Gasteiger partial charge in [0, 0.05) is 108 Å². The molecule has 8 aromatic rings. The molecule has 14 nitrogen and oxygen atoms in total. The van der Waals surface area contributed by atoms with E-state index in [2.05, 4.69) is 66.3 Å². The number of nitrogens with two attached hydrogens (primary N) is 2. The number of H-pyrrole nitrogens is 2. The number of nitrogen functional groups attached to an aromatic ring is 2. The highest BCUT2D eigenvalue weighted by Gasteiger charge is 2.25. The van der Waals surface area contributed by atoms with Crippen molar-refractivity contribution in [3.8, 4) is 22.3 Å². The molecule has 0 saturated carbocycles. The molecule has 1 aliphatic rings. The normalized spacial score (nSPS) is 13.6. The molecule has 308 valence electrons. The number of hydrogen-bond acceptors (Lipinski definition) is 10. The van der Waals surface area contributed by atoms with Crippen LogP contribution in [0.15, 0.2) is 122 Å². The second-order valence-corrected chi connectivity index (χ2v) is 15.2. The van der Waals surface area contributed by atoms with Crippen molar-refractivity contribution < 1.29 is 19.8 Å². The molecular formula is C47H46N10O4. The first-order valence-electron chi connectivity index (χ1n) is 20.0. The molecule has 8 N–H and O–H groups in total. The van der Waals surface area contributed by atoms with Crippen LogP contribution in [0.25, 0.3) is 44.1 Å². The molecule has 4 aromatic carbocycles. The van der Waals surface area contributed by atoms with Crippen molar-refractivity contribution in [3.63, 3.8) is 0 Å². The van der Waals surface area contributed by atoms with Gasteiger partial charge in [0.25, 0.3) is 11.8 Å². The van der Waals surface area contributed by atoms with Gasteiger partial charge in [-0.2, -0.15) is 0 Å². The number of aliphatic hydroxyl groups excluding tert-OH is 2. The predicted octanol–water partition coefficient (Wildman–Crippen LogP) is 5.87. The number of benzene rings is 4. The summed E-state index contributed by atoms with van der Waals surface area (Å²) in [6.45, 7) is 1.26. The van der Waals surface area contributed by atoms with Crippen LogP contribution in [0.4, 0.5) is 11.9 Å². The third-order valence-electron chi connectivity index (χ3n) is 11.0. The Morgan fingerprint density at radius 1 is 0.705 bits per heavy atom. The number of likely N-dealkylation sites (tertiary alicyclic amines) is 1. The first-order chi connectivity index (χ1) is 29.6. The van der Waals surface area contributed by atoms with Crippen LogP contribution in [0.1, 0.15) is 49.4 Å². The zero-order chi connectivity index (χ0) is 42.5. The van der Waals surface area contributed by atoms with Crippen molar-refractivity contribution in [2.24, 2.45) is 0 Å². The van der Waals surface area contributed by atoms with Crippen LogP contribution in [0, 0.1) is 0 Å². The number of carbonyl (C=O) groups is 2. The minimum atomic E-state index is -0.413. The van der Waals surface area contributed by atoms with Crippen molar-refractivity contribution in [1.82, 2.24) is 39.7 Å². The lowest BCUT2D eigenvalue weighted by Gasteiger charge is -2.15. The van der Waals surface area contributed by atoms with Crippen molar-refractivity contribution >= 4 is 45.5 Å². The molecule has 1 aliphatic heterocycles. The van der Waals surface area contributed by atoms with Crippen molar-refractivity contribution in [1.29, 1.82) is 0 Å². The molecule has 0 bridgehead atoms. The Labute approximate surface area is 352 Å². The molecular weight excluding hydrogens is 769 g/mol. The number of aromatic nitrogens is 6. The molecule has 0 radical (unpaired) electrons. The maximum atomic E-state index is 12.7. The maximum absolute atomic E-state index is 12.7. The molecule has 14 heteroatoms. The van der Waals surface area contributed by atoms with Gasteiger partial charge in [0.2, 0.25) is 11.9 Å². The summed E-state index contributed by atoms with van der Waals surface area (Å²) >= 11 is 0. The van der Waals surface area contributed by atoms with Crippen molar-refractivity contribution in [3.05, 3.63) is 155 Å². The standard InChI is InChI=1S/C24H23N5O2.C23H23N5O2/c25-24-27-12-19(13-28-24)16-3-1-15(2-4-16)9-18-11-26-22-10-17(5-6-21(18)22)23(31)29-8-7-20(30)14-29;1-28(8-9-29)22(30)17-6-7-21-20(11-17)18(12-25-21)10-15-2-4-16(5-3-15)19-13-26-23(24)27-14-19/h1-6,10-13,20,26,30H,7-9,14H2,(H2,25,27,28);2-7,11-14,25,29H,8-10H2,1H3,(H2,24,26,27). The van der Waals surface area contributed by atoms with E-state index in [1.54, 1.807) is 36.7 Å². The first-order valence-corrected chi connectivity index (χ1v) is 20.0. The minimum absolute atomic E-state index is 0.0307. The molecule has 9 rings (SSSR count). The lowest BCUT2D eigenvalue weighted by atomic mass is 10.0. The van der Waals surface area contributed by atoms with Crippen LogP contribution in [0.2, 0.25) is 0 Å². The van der Waals surface area contributed by atoms with Crippen LogP contribution in [-0.4, -0.2) is 101 Å². The average Bonchev–Trinajstić information content (AvgIpc) is 4.02. The molecule has 4 aromatic heterocycles. The van der Waals surface area contributed by atoms with Gasteiger partial charge in [-0.25, -0.2) is 19.9 Å². The summed E-state index contributed by atoms with van der Waals surface area (Å²) in [5, 5.41) is 20.9. The Hall–Kier alpha value is -7.42. The van der Waals surface area contributed by atoms with E-state index >= 15 is 0 Å².